The van der Waals surface area contributed by atoms with Gasteiger partial charge in [0.1, 0.15) is 5.82 Å². The number of nitrogens with zero attached hydrogens (tertiary/aromatic N) is 2. The first-order valence-corrected chi connectivity index (χ1v) is 7.91. The topological polar surface area (TPSA) is 46.9 Å². The van der Waals surface area contributed by atoms with Crippen molar-refractivity contribution in [1.29, 1.82) is 0 Å². The third-order valence-electron chi connectivity index (χ3n) is 3.63. The highest BCUT2D eigenvalue weighted by molar-refractivity contribution is 5.78. The predicted molar refractivity (Wildman–Crippen MR) is 90.8 cm³/mol. The van der Waals surface area contributed by atoms with Gasteiger partial charge in [-0.25, -0.2) is 4.98 Å². The molecule has 4 heteroatoms. The van der Waals surface area contributed by atoms with Gasteiger partial charge in [-0.05, 0) is 43.9 Å². The van der Waals surface area contributed by atoms with E-state index in [1.165, 1.54) is 0 Å². The van der Waals surface area contributed by atoms with Gasteiger partial charge in [0.15, 0.2) is 0 Å². The summed E-state index contributed by atoms with van der Waals surface area (Å²) in [5, 5.41) is 2.99. The van der Waals surface area contributed by atoms with E-state index < -0.39 is 0 Å². The Morgan fingerprint density at radius 1 is 1.32 bits per heavy atom. The number of carbonyl (C=O) groups excluding carboxylic acids is 1. The van der Waals surface area contributed by atoms with Crippen molar-refractivity contribution in [2.45, 2.75) is 60.5 Å². The lowest BCUT2D eigenvalue weighted by Gasteiger charge is -2.17. The zero-order chi connectivity index (χ0) is 16.5. The fourth-order valence-corrected chi connectivity index (χ4v) is 2.77. The summed E-state index contributed by atoms with van der Waals surface area (Å²) >= 11 is 0. The van der Waals surface area contributed by atoms with Gasteiger partial charge in [0.25, 0.3) is 0 Å². The van der Waals surface area contributed by atoms with Crippen LogP contribution in [-0.2, 0) is 11.3 Å². The highest BCUT2D eigenvalue weighted by Crippen LogP contribution is 2.22. The summed E-state index contributed by atoms with van der Waals surface area (Å²) in [6.45, 7) is 13.1. The standard InChI is InChI=1S/C18H27N3O/c1-12(2)21-13(3)20-15-9-14(7-8-16(15)21)11-19-17(22)10-18(4,5)6/h7-9,12H,10-11H2,1-6H3,(H,19,22). The molecular formula is C18H27N3O. The molecule has 0 aliphatic heterocycles. The molecule has 1 heterocycles. The van der Waals surface area contributed by atoms with Gasteiger partial charge in [0.2, 0.25) is 5.91 Å². The van der Waals surface area contributed by atoms with Crippen molar-refractivity contribution in [3.05, 3.63) is 29.6 Å². The monoisotopic (exact) mass is 301 g/mol. The van der Waals surface area contributed by atoms with Gasteiger partial charge in [0, 0.05) is 19.0 Å². The van der Waals surface area contributed by atoms with E-state index in [2.05, 4.69) is 67.7 Å². The van der Waals surface area contributed by atoms with Crippen molar-refractivity contribution >= 4 is 16.9 Å². The first-order chi connectivity index (χ1) is 10.2. The van der Waals surface area contributed by atoms with Crippen molar-refractivity contribution in [3.63, 3.8) is 0 Å². The predicted octanol–water partition coefficient (Wildman–Crippen LogP) is 3.98. The number of carbonyl (C=O) groups is 1. The van der Waals surface area contributed by atoms with Crippen LogP contribution in [0.15, 0.2) is 18.2 Å². The first-order valence-electron chi connectivity index (χ1n) is 7.91. The van der Waals surface area contributed by atoms with Crippen molar-refractivity contribution in [2.24, 2.45) is 5.41 Å². The van der Waals surface area contributed by atoms with Crippen molar-refractivity contribution in [1.82, 2.24) is 14.9 Å². The fourth-order valence-electron chi connectivity index (χ4n) is 2.77. The van der Waals surface area contributed by atoms with Gasteiger partial charge in [-0.3, -0.25) is 4.79 Å². The van der Waals surface area contributed by atoms with Crippen LogP contribution in [0, 0.1) is 12.3 Å². The lowest BCUT2D eigenvalue weighted by molar-refractivity contribution is -0.122. The summed E-state index contributed by atoms with van der Waals surface area (Å²) in [6, 6.07) is 6.63. The van der Waals surface area contributed by atoms with E-state index in [4.69, 9.17) is 0 Å². The molecule has 1 aromatic carbocycles. The minimum atomic E-state index is 0.0151. The van der Waals surface area contributed by atoms with Crippen LogP contribution in [-0.4, -0.2) is 15.5 Å². The lowest BCUT2D eigenvalue weighted by Crippen LogP contribution is -2.27. The number of fused-ring (bicyclic) bond motifs is 1. The zero-order valence-corrected chi connectivity index (χ0v) is 14.5. The Bertz CT molecular complexity index is 677. The third-order valence-corrected chi connectivity index (χ3v) is 3.63. The molecule has 1 N–H and O–H groups in total. The minimum absolute atomic E-state index is 0.0151. The Labute approximate surface area is 132 Å². The van der Waals surface area contributed by atoms with E-state index in [-0.39, 0.29) is 11.3 Å². The molecule has 0 atom stereocenters. The maximum Gasteiger partial charge on any atom is 0.220 e. The van der Waals surface area contributed by atoms with Crippen LogP contribution in [0.3, 0.4) is 0 Å². The van der Waals surface area contributed by atoms with Gasteiger partial charge in [-0.15, -0.1) is 0 Å². The molecule has 0 radical (unpaired) electrons. The van der Waals surface area contributed by atoms with Gasteiger partial charge >= 0.3 is 0 Å². The molecule has 2 rings (SSSR count). The van der Waals surface area contributed by atoms with Crippen LogP contribution in [0.2, 0.25) is 0 Å². The van der Waals surface area contributed by atoms with Gasteiger partial charge in [-0.1, -0.05) is 26.8 Å². The molecule has 1 aromatic heterocycles. The summed E-state index contributed by atoms with van der Waals surface area (Å²) in [6.07, 6.45) is 0.538. The average Bonchev–Trinajstić information content (AvgIpc) is 2.69. The highest BCUT2D eigenvalue weighted by Gasteiger charge is 2.16. The molecular weight excluding hydrogens is 274 g/mol. The quantitative estimate of drug-likeness (QED) is 0.928. The van der Waals surface area contributed by atoms with Crippen molar-refractivity contribution in [2.75, 3.05) is 0 Å². The van der Waals surface area contributed by atoms with Crippen LogP contribution < -0.4 is 5.32 Å². The van der Waals surface area contributed by atoms with E-state index in [1.54, 1.807) is 0 Å². The SMILES string of the molecule is Cc1nc2cc(CNC(=O)CC(C)(C)C)ccc2n1C(C)C. The molecule has 0 unspecified atom stereocenters. The first kappa shape index (κ1) is 16.5. The maximum absolute atomic E-state index is 11.9. The van der Waals surface area contributed by atoms with Crippen molar-refractivity contribution < 1.29 is 4.79 Å². The number of aromatic nitrogens is 2. The van der Waals surface area contributed by atoms with E-state index >= 15 is 0 Å². The molecule has 0 saturated heterocycles. The molecule has 0 aliphatic carbocycles. The number of rotatable bonds is 4. The zero-order valence-electron chi connectivity index (χ0n) is 14.5. The minimum Gasteiger partial charge on any atom is -0.352 e. The van der Waals surface area contributed by atoms with E-state index in [0.717, 1.165) is 22.4 Å². The van der Waals surface area contributed by atoms with Crippen LogP contribution in [0.25, 0.3) is 11.0 Å². The fraction of sp³-hybridized carbons (Fsp3) is 0.556. The van der Waals surface area contributed by atoms with E-state index in [1.807, 2.05) is 6.92 Å². The summed E-state index contributed by atoms with van der Waals surface area (Å²) < 4.78 is 2.23. The number of amides is 1. The Morgan fingerprint density at radius 3 is 2.59 bits per heavy atom. The smallest absolute Gasteiger partial charge is 0.220 e. The molecule has 4 nitrogen and oxygen atoms in total. The largest absolute Gasteiger partial charge is 0.352 e. The number of hydrogen-bond donors (Lipinski definition) is 1. The number of aryl methyl sites for hydroxylation is 1. The number of imidazole rings is 1. The van der Waals surface area contributed by atoms with Crippen molar-refractivity contribution in [3.8, 4) is 0 Å². The van der Waals surface area contributed by atoms with Gasteiger partial charge < -0.3 is 9.88 Å². The lowest BCUT2D eigenvalue weighted by atomic mass is 9.92. The molecule has 2 aromatic rings. The maximum atomic E-state index is 11.9. The molecule has 120 valence electrons. The summed E-state index contributed by atoms with van der Waals surface area (Å²) in [4.78, 5) is 16.5. The Balaban J connectivity index is 2.12. The van der Waals surface area contributed by atoms with E-state index in [9.17, 15) is 4.79 Å². The second kappa shape index (κ2) is 6.11. The molecule has 0 fully saturated rings. The van der Waals surface area contributed by atoms with E-state index in [0.29, 0.717) is 19.0 Å². The number of benzene rings is 1. The van der Waals surface area contributed by atoms with Gasteiger partial charge in [0.05, 0.1) is 11.0 Å². The Morgan fingerprint density at radius 2 is 2.00 bits per heavy atom. The molecule has 0 saturated carbocycles. The second-order valence-electron chi connectivity index (χ2n) is 7.46. The average molecular weight is 301 g/mol. The highest BCUT2D eigenvalue weighted by atomic mass is 16.1. The third kappa shape index (κ3) is 3.87. The van der Waals surface area contributed by atoms with Crippen LogP contribution in [0.4, 0.5) is 0 Å². The summed E-state index contributed by atoms with van der Waals surface area (Å²) in [7, 11) is 0. The number of hydrogen-bond acceptors (Lipinski definition) is 2. The molecule has 22 heavy (non-hydrogen) atoms. The normalized spacial score (nSPS) is 12.1. The number of nitrogens with one attached hydrogen (secondary N) is 1. The van der Waals surface area contributed by atoms with Gasteiger partial charge in [-0.2, -0.15) is 0 Å². The summed E-state index contributed by atoms with van der Waals surface area (Å²) in [5.74, 6) is 1.12. The molecule has 0 spiro atoms. The van der Waals surface area contributed by atoms with Crippen LogP contribution in [0.1, 0.15) is 58.5 Å². The Hall–Kier alpha value is -1.84. The van der Waals surface area contributed by atoms with Crippen LogP contribution >= 0.6 is 0 Å². The molecule has 0 aliphatic rings. The second-order valence-corrected chi connectivity index (χ2v) is 7.46. The Kier molecular flexibility index (Phi) is 4.59. The summed E-state index contributed by atoms with van der Waals surface area (Å²) in [5.41, 5.74) is 3.25. The van der Waals surface area contributed by atoms with Crippen LogP contribution in [0.5, 0.6) is 0 Å². The molecule has 0 bridgehead atoms. The molecule has 1 amide bonds.